The normalized spacial score (nSPS) is 10.2. The third-order valence-electron chi connectivity index (χ3n) is 0.971. The number of hydrogen-bond acceptors (Lipinski definition) is 5. The van der Waals surface area contributed by atoms with E-state index < -0.39 is 21.7 Å². The summed E-state index contributed by atoms with van der Waals surface area (Å²) in [5.74, 6) is -2.48. The van der Waals surface area contributed by atoms with E-state index in [2.05, 4.69) is 0 Å². The van der Waals surface area contributed by atoms with E-state index in [1.165, 1.54) is 27.7 Å². The Morgan fingerprint density at radius 3 is 0.938 bits per heavy atom. The topological polar surface area (TPSA) is 97.3 Å². The summed E-state index contributed by atoms with van der Waals surface area (Å²) in [5.41, 5.74) is 0. The number of carbonyl (C=O) groups is 2. The number of aliphatic carboxylic acids is 2. The van der Waals surface area contributed by atoms with Gasteiger partial charge in [-0.1, -0.05) is 0 Å². The molecule has 0 heterocycles. The summed E-state index contributed by atoms with van der Waals surface area (Å²) in [6, 6.07) is 0. The summed E-state index contributed by atoms with van der Waals surface area (Å²) in [6.45, 7) is 5.46. The molecule has 0 aliphatic heterocycles. The van der Waals surface area contributed by atoms with Gasteiger partial charge in [0.15, 0.2) is 0 Å². The molecule has 0 aromatic rings. The SMILES string of the molecule is CC(C)(Cl)C(=O)[O-].CC(C)(Cl)C(=O)[O-].[O]=[V+2]. The molecule has 0 aliphatic rings. The second kappa shape index (κ2) is 8.99. The fraction of sp³-hybridized carbons (Fsp3) is 0.750. The van der Waals surface area contributed by atoms with Gasteiger partial charge in [-0.3, -0.25) is 0 Å². The molecule has 0 N–H and O–H groups in total. The standard InChI is InChI=1S/2C4H7ClO2.O.V/c2*1-4(2,5)3(6)7;;/h2*1-2H3,(H,6,7);;/q;;;+2/p-2. The summed E-state index contributed by atoms with van der Waals surface area (Å²) in [6.07, 6.45) is 0. The zero-order valence-corrected chi connectivity index (χ0v) is 12.2. The number of carbonyl (C=O) groups excluding carboxylic acids is 2. The first-order valence-corrected chi connectivity index (χ1v) is 5.20. The van der Waals surface area contributed by atoms with Gasteiger partial charge in [0.25, 0.3) is 0 Å². The molecule has 0 aromatic carbocycles. The van der Waals surface area contributed by atoms with Crippen molar-refractivity contribution < 1.29 is 40.8 Å². The fourth-order valence-electron chi connectivity index (χ4n) is 0. The molecule has 0 saturated heterocycles. The third-order valence-corrected chi connectivity index (χ3v) is 1.28. The first kappa shape index (κ1) is 21.2. The molecule has 93 valence electrons. The average molecular weight is 310 g/mol. The van der Waals surface area contributed by atoms with Gasteiger partial charge < -0.3 is 19.8 Å². The van der Waals surface area contributed by atoms with E-state index in [0.29, 0.717) is 0 Å². The molecule has 0 fully saturated rings. The predicted molar refractivity (Wildman–Crippen MR) is 50.6 cm³/mol. The number of halogens is 2. The Hall–Kier alpha value is -0.0956. The molecule has 0 atom stereocenters. The first-order chi connectivity index (χ1) is 6.89. The van der Waals surface area contributed by atoms with Gasteiger partial charge in [0, 0.05) is 0 Å². The van der Waals surface area contributed by atoms with Crippen molar-refractivity contribution >= 4 is 35.1 Å². The molecule has 0 rings (SSSR count). The Bertz CT molecular complexity index is 208. The van der Waals surface area contributed by atoms with Crippen molar-refractivity contribution in [1.82, 2.24) is 0 Å². The minimum absolute atomic E-state index is 1.06. The van der Waals surface area contributed by atoms with Crippen LogP contribution in [0, 0.1) is 0 Å². The Balaban J connectivity index is -0.000000183. The second-order valence-electron chi connectivity index (χ2n) is 3.52. The van der Waals surface area contributed by atoms with Crippen molar-refractivity contribution in [2.45, 2.75) is 37.4 Å². The van der Waals surface area contributed by atoms with Gasteiger partial charge in [-0.05, 0) is 27.7 Å². The van der Waals surface area contributed by atoms with Crippen molar-refractivity contribution in [3.63, 3.8) is 0 Å². The summed E-state index contributed by atoms with van der Waals surface area (Å²) >= 11 is 11.5. The van der Waals surface area contributed by atoms with E-state index in [9.17, 15) is 19.8 Å². The molecular formula is C8H12Cl2O5V. The summed E-state index contributed by atoms with van der Waals surface area (Å²) < 4.78 is 8.19. The van der Waals surface area contributed by atoms with Crippen LogP contribution >= 0.6 is 23.2 Å². The van der Waals surface area contributed by atoms with Crippen molar-refractivity contribution in [3.8, 4) is 0 Å². The number of hydrogen-bond donors (Lipinski definition) is 0. The zero-order chi connectivity index (χ0) is 14.2. The average Bonchev–Trinajstić information content (AvgIpc) is 2.05. The Morgan fingerprint density at radius 1 is 0.875 bits per heavy atom. The van der Waals surface area contributed by atoms with Gasteiger partial charge in [0.1, 0.15) is 0 Å². The quantitative estimate of drug-likeness (QED) is 0.634. The van der Waals surface area contributed by atoms with E-state index in [4.69, 9.17) is 26.9 Å². The molecule has 0 radical (unpaired) electrons. The molecule has 16 heavy (non-hydrogen) atoms. The van der Waals surface area contributed by atoms with Crippen LogP contribution in [0.25, 0.3) is 0 Å². The predicted octanol–water partition coefficient (Wildman–Crippen LogP) is -0.614. The van der Waals surface area contributed by atoms with Crippen LogP contribution in [0.3, 0.4) is 0 Å². The van der Waals surface area contributed by atoms with E-state index >= 15 is 0 Å². The van der Waals surface area contributed by atoms with Crippen LogP contribution in [0.15, 0.2) is 0 Å². The van der Waals surface area contributed by atoms with Crippen LogP contribution in [-0.4, -0.2) is 21.7 Å². The van der Waals surface area contributed by atoms with Crippen LogP contribution in [0.1, 0.15) is 27.7 Å². The van der Waals surface area contributed by atoms with Gasteiger partial charge in [-0.15, -0.1) is 23.2 Å². The molecule has 0 aliphatic carbocycles. The number of carboxylic acid groups (broad SMARTS) is 2. The van der Waals surface area contributed by atoms with Crippen LogP contribution in [0.2, 0.25) is 0 Å². The summed E-state index contributed by atoms with van der Waals surface area (Å²) in [5, 5.41) is 19.6. The maximum absolute atomic E-state index is 9.78. The fourth-order valence-corrected chi connectivity index (χ4v) is 0. The summed E-state index contributed by atoms with van der Waals surface area (Å²) in [7, 11) is 0. The van der Waals surface area contributed by atoms with E-state index in [1.54, 1.807) is 0 Å². The van der Waals surface area contributed by atoms with Crippen molar-refractivity contribution in [2.75, 3.05) is 0 Å². The van der Waals surface area contributed by atoms with Crippen molar-refractivity contribution in [2.24, 2.45) is 0 Å². The molecule has 0 bridgehead atoms. The van der Waals surface area contributed by atoms with Gasteiger partial charge in [0.2, 0.25) is 0 Å². The van der Waals surface area contributed by atoms with Crippen LogP contribution < -0.4 is 10.2 Å². The van der Waals surface area contributed by atoms with E-state index in [0.717, 1.165) is 17.4 Å². The molecule has 5 nitrogen and oxygen atoms in total. The molecule has 8 heteroatoms. The molecule has 0 spiro atoms. The van der Waals surface area contributed by atoms with E-state index in [-0.39, 0.29) is 0 Å². The van der Waals surface area contributed by atoms with Crippen molar-refractivity contribution in [3.05, 3.63) is 0 Å². The molecule has 0 unspecified atom stereocenters. The van der Waals surface area contributed by atoms with Gasteiger partial charge >= 0.3 is 21.0 Å². The Kier molecular flexibility index (Phi) is 11.9. The van der Waals surface area contributed by atoms with E-state index in [1.807, 2.05) is 0 Å². The van der Waals surface area contributed by atoms with Crippen LogP contribution in [0.5, 0.6) is 0 Å². The minimum atomic E-state index is -1.24. The molecule has 0 aromatic heterocycles. The van der Waals surface area contributed by atoms with Gasteiger partial charge in [-0.2, -0.15) is 0 Å². The van der Waals surface area contributed by atoms with Crippen LogP contribution in [0.4, 0.5) is 0 Å². The van der Waals surface area contributed by atoms with Gasteiger partial charge in [0.05, 0.1) is 21.7 Å². The molecular weight excluding hydrogens is 298 g/mol. The number of carboxylic acids is 2. The second-order valence-corrected chi connectivity index (χ2v) is 5.41. The maximum atomic E-state index is 9.78. The summed E-state index contributed by atoms with van der Waals surface area (Å²) in [4.78, 5) is 17.1. The Morgan fingerprint density at radius 2 is 0.938 bits per heavy atom. The number of alkyl halides is 2. The monoisotopic (exact) mass is 309 g/mol. The number of rotatable bonds is 2. The van der Waals surface area contributed by atoms with Crippen LogP contribution in [-0.2, 0) is 30.6 Å². The molecule has 0 amide bonds. The zero-order valence-electron chi connectivity index (χ0n) is 9.24. The first-order valence-electron chi connectivity index (χ1n) is 3.88. The van der Waals surface area contributed by atoms with Crippen molar-refractivity contribution in [1.29, 1.82) is 0 Å². The van der Waals surface area contributed by atoms with Gasteiger partial charge in [-0.25, -0.2) is 0 Å². The molecule has 0 saturated carbocycles. The Labute approximate surface area is 113 Å². The third kappa shape index (κ3) is 16.3.